The third-order valence-electron chi connectivity index (χ3n) is 15.8. The van der Waals surface area contributed by atoms with Crippen LogP contribution in [0, 0.1) is 62.1 Å². The molecule has 6 rings (SSSR count). The fraction of sp³-hybridized carbons (Fsp3) is 0.854. The van der Waals surface area contributed by atoms with Crippen molar-refractivity contribution in [2.75, 3.05) is 13.1 Å². The summed E-state index contributed by atoms with van der Waals surface area (Å²) < 4.78 is 6.15. The summed E-state index contributed by atoms with van der Waals surface area (Å²) in [5.74, 6) is 0.990. The molecule has 0 aromatic rings. The first-order valence-electron chi connectivity index (χ1n) is 19.2. The van der Waals surface area contributed by atoms with Crippen molar-refractivity contribution in [2.24, 2.45) is 62.1 Å². The number of Topliss-reactive ketones (excluding diaryl/α,β-unsaturated/α-hetero) is 2. The van der Waals surface area contributed by atoms with E-state index in [-0.39, 0.29) is 57.6 Å². The van der Waals surface area contributed by atoms with Crippen LogP contribution in [-0.2, 0) is 23.9 Å². The molecule has 5 fully saturated rings. The van der Waals surface area contributed by atoms with Crippen molar-refractivity contribution >= 4 is 23.5 Å². The summed E-state index contributed by atoms with van der Waals surface area (Å²) in [4.78, 5) is 52.9. The summed E-state index contributed by atoms with van der Waals surface area (Å²) in [5, 5.41) is 13.1. The van der Waals surface area contributed by atoms with Gasteiger partial charge < -0.3 is 15.2 Å². The third kappa shape index (κ3) is 5.29. The van der Waals surface area contributed by atoms with Crippen LogP contribution >= 0.6 is 0 Å². The van der Waals surface area contributed by atoms with Gasteiger partial charge in [-0.2, -0.15) is 0 Å². The Hall–Kier alpha value is -2.02. The number of carbonyl (C=O) groups excluding carboxylic acids is 3. The molecule has 0 saturated heterocycles. The molecule has 2 unspecified atom stereocenters. The van der Waals surface area contributed by atoms with Gasteiger partial charge in [0, 0.05) is 11.8 Å². The number of hydrogen-bond acceptors (Lipinski definition) is 6. The zero-order chi connectivity index (χ0) is 35.2. The second-order valence-electron chi connectivity index (χ2n) is 19.5. The minimum atomic E-state index is -1.16. The van der Waals surface area contributed by atoms with Crippen LogP contribution in [-0.4, -0.2) is 47.8 Å². The van der Waals surface area contributed by atoms with Crippen LogP contribution in [0.4, 0.5) is 0 Å². The van der Waals surface area contributed by atoms with Crippen LogP contribution in [0.5, 0.6) is 0 Å². The summed E-state index contributed by atoms with van der Waals surface area (Å²) in [6.45, 7) is 20.9. The quantitative estimate of drug-likeness (QED) is 0.228. The Morgan fingerprint density at radius 1 is 0.896 bits per heavy atom. The first-order valence-corrected chi connectivity index (χ1v) is 19.2. The molecule has 0 radical (unpaired) electrons. The second-order valence-corrected chi connectivity index (χ2v) is 19.5. The lowest BCUT2D eigenvalue weighted by molar-refractivity contribution is -0.233. The van der Waals surface area contributed by atoms with Gasteiger partial charge >= 0.3 is 11.9 Å². The molecule has 5 saturated carbocycles. The molecule has 6 aliphatic carbocycles. The number of esters is 1. The Balaban J connectivity index is 1.28. The van der Waals surface area contributed by atoms with Crippen molar-refractivity contribution < 1.29 is 29.0 Å². The summed E-state index contributed by atoms with van der Waals surface area (Å²) in [6, 6.07) is 0. The van der Waals surface area contributed by atoms with Crippen LogP contribution in [0.3, 0.4) is 0 Å². The number of ketones is 2. The predicted octanol–water partition coefficient (Wildman–Crippen LogP) is 7.95. The number of fused-ring (bicyclic) bond motifs is 7. The molecule has 0 aliphatic heterocycles. The number of ether oxygens (including phenoxy) is 1. The van der Waals surface area contributed by atoms with Gasteiger partial charge in [0.15, 0.2) is 11.6 Å². The third-order valence-corrected chi connectivity index (χ3v) is 15.8. The number of hydrogen-bond donors (Lipinski definition) is 2. The normalized spacial score (nSPS) is 40.5. The summed E-state index contributed by atoms with van der Waals surface area (Å²) in [5.41, 5.74) is 0.306. The van der Waals surface area contributed by atoms with Crippen molar-refractivity contribution in [1.82, 2.24) is 5.32 Å². The Bertz CT molecular complexity index is 1400. The largest absolute Gasteiger partial charge is 0.481 e. The van der Waals surface area contributed by atoms with Crippen molar-refractivity contribution in [2.45, 2.75) is 145 Å². The maximum atomic E-state index is 14.3. The van der Waals surface area contributed by atoms with Gasteiger partial charge in [-0.1, -0.05) is 48.5 Å². The van der Waals surface area contributed by atoms with Crippen LogP contribution in [0.25, 0.3) is 0 Å². The lowest BCUT2D eigenvalue weighted by Crippen LogP contribution is -2.66. The topological polar surface area (TPSA) is 110 Å². The van der Waals surface area contributed by atoms with E-state index in [0.717, 1.165) is 63.5 Å². The minimum Gasteiger partial charge on any atom is -0.481 e. The highest BCUT2D eigenvalue weighted by molar-refractivity contribution is 6.07. The van der Waals surface area contributed by atoms with E-state index in [0.29, 0.717) is 30.7 Å². The second kappa shape index (κ2) is 11.8. The van der Waals surface area contributed by atoms with Crippen molar-refractivity contribution in [1.29, 1.82) is 0 Å². The Labute approximate surface area is 289 Å². The molecule has 0 amide bonds. The van der Waals surface area contributed by atoms with Gasteiger partial charge in [-0.3, -0.25) is 19.2 Å². The highest BCUT2D eigenvalue weighted by Crippen LogP contribution is 2.76. The van der Waals surface area contributed by atoms with Crippen LogP contribution in [0.2, 0.25) is 0 Å². The molecule has 48 heavy (non-hydrogen) atoms. The first kappa shape index (κ1) is 35.8. The van der Waals surface area contributed by atoms with E-state index in [1.807, 2.05) is 0 Å². The molecular weight excluding hydrogens is 602 g/mol. The van der Waals surface area contributed by atoms with Gasteiger partial charge in [0.25, 0.3) is 0 Å². The van der Waals surface area contributed by atoms with E-state index in [9.17, 15) is 24.3 Å². The zero-order valence-electron chi connectivity index (χ0n) is 31.4. The van der Waals surface area contributed by atoms with Gasteiger partial charge in [0.05, 0.1) is 23.8 Å². The number of carboxylic acids is 1. The lowest BCUT2D eigenvalue weighted by Gasteiger charge is -2.72. The summed E-state index contributed by atoms with van der Waals surface area (Å²) in [7, 11) is 0. The number of rotatable bonds is 10. The molecule has 0 aromatic heterocycles. The molecule has 0 spiro atoms. The van der Waals surface area contributed by atoms with E-state index in [1.165, 1.54) is 18.4 Å². The summed E-state index contributed by atoms with van der Waals surface area (Å²) in [6.07, 6.45) is 10.3. The highest BCUT2D eigenvalue weighted by atomic mass is 16.5. The van der Waals surface area contributed by atoms with Gasteiger partial charge in [0.1, 0.15) is 6.10 Å². The molecule has 0 aromatic carbocycles. The molecule has 0 heterocycles. The minimum absolute atomic E-state index is 0.00885. The van der Waals surface area contributed by atoms with Crippen molar-refractivity contribution in [3.8, 4) is 0 Å². The molecule has 2 N–H and O–H groups in total. The fourth-order valence-electron chi connectivity index (χ4n) is 12.7. The number of nitrogens with one attached hydrogen (secondary N) is 1. The van der Waals surface area contributed by atoms with E-state index in [2.05, 4.69) is 53.8 Å². The van der Waals surface area contributed by atoms with E-state index in [4.69, 9.17) is 4.74 Å². The van der Waals surface area contributed by atoms with Gasteiger partial charge in [0.2, 0.25) is 0 Å². The maximum absolute atomic E-state index is 14.3. The molecule has 8 atom stereocenters. The zero-order valence-corrected chi connectivity index (χ0v) is 31.4. The molecule has 7 heteroatoms. The van der Waals surface area contributed by atoms with E-state index in [1.54, 1.807) is 13.8 Å². The van der Waals surface area contributed by atoms with Crippen molar-refractivity contribution in [3.05, 3.63) is 11.1 Å². The van der Waals surface area contributed by atoms with Gasteiger partial charge in [-0.15, -0.1) is 0 Å². The van der Waals surface area contributed by atoms with E-state index < -0.39 is 22.8 Å². The van der Waals surface area contributed by atoms with E-state index >= 15 is 0 Å². The average molecular weight is 666 g/mol. The number of carbonyl (C=O) groups is 4. The van der Waals surface area contributed by atoms with Gasteiger partial charge in [-0.05, 0) is 142 Å². The molecule has 268 valence electrons. The number of carboxylic acid groups (broad SMARTS) is 1. The Morgan fingerprint density at radius 3 is 2.21 bits per heavy atom. The van der Waals surface area contributed by atoms with Crippen molar-refractivity contribution in [3.63, 3.8) is 0 Å². The monoisotopic (exact) mass is 665 g/mol. The lowest BCUT2D eigenvalue weighted by atomic mass is 9.33. The molecule has 7 nitrogen and oxygen atoms in total. The molecular formula is C41H63NO6. The maximum Gasteiger partial charge on any atom is 0.309 e. The highest BCUT2D eigenvalue weighted by Gasteiger charge is 2.71. The molecule has 0 bridgehead atoms. The van der Waals surface area contributed by atoms with Crippen LogP contribution in [0.1, 0.15) is 139 Å². The number of allylic oxidation sites excluding steroid dienone is 2. The smallest absolute Gasteiger partial charge is 0.309 e. The Kier molecular flexibility index (Phi) is 8.78. The molecule has 6 aliphatic rings. The van der Waals surface area contributed by atoms with Crippen LogP contribution < -0.4 is 5.32 Å². The first-order chi connectivity index (χ1) is 22.2. The predicted molar refractivity (Wildman–Crippen MR) is 186 cm³/mol. The standard InChI is InChI=1S/C41H63NO6/c1-24(2)33-27(43)20-41(30(44)23-42-22-25-10-11-25)19-18-39(8)26(34(33)41)12-13-29-38(7)16-15-31(48-32(45)21-36(3,4)35(46)47)37(5,6)28(38)14-17-40(29,39)9/h24-26,28-29,31,42H,10-23H2,1-9H3,(H,46,47)/t26-,28?,29-,31+,38?,39-,40-,41+/m1/s1. The SMILES string of the molecule is CC(C)C1=C2[C@H]3CC[C@@H]4C5(C)CC[C@H](OC(=O)CC(C)(C)C(=O)O)C(C)(C)C5CC[C@@]4(C)[C@]3(C)CC[C@@]2(C(=O)CNCC2CC2)CC1=O. The fourth-order valence-corrected chi connectivity index (χ4v) is 12.7. The average Bonchev–Trinajstić information content (AvgIpc) is 3.74. The Morgan fingerprint density at radius 2 is 1.58 bits per heavy atom. The number of aliphatic carboxylic acids is 1. The van der Waals surface area contributed by atoms with Crippen LogP contribution in [0.15, 0.2) is 11.1 Å². The summed E-state index contributed by atoms with van der Waals surface area (Å²) >= 11 is 0. The van der Waals surface area contributed by atoms with Gasteiger partial charge in [-0.25, -0.2) is 0 Å².